The van der Waals surface area contributed by atoms with Gasteiger partial charge in [0.2, 0.25) is 0 Å². The van der Waals surface area contributed by atoms with E-state index < -0.39 is 12.0 Å². The molecule has 3 N–H and O–H groups in total. The molecule has 0 bridgehead atoms. The van der Waals surface area contributed by atoms with Crippen LogP contribution in [0.25, 0.3) is 0 Å². The van der Waals surface area contributed by atoms with E-state index in [0.717, 1.165) is 10.5 Å². The van der Waals surface area contributed by atoms with Crippen molar-refractivity contribution in [2.45, 2.75) is 19.4 Å². The molecule has 1 fully saturated rings. The second-order valence-corrected chi connectivity index (χ2v) is 6.08. The molecule has 0 spiro atoms. The van der Waals surface area contributed by atoms with Gasteiger partial charge in [0.15, 0.2) is 12.6 Å². The summed E-state index contributed by atoms with van der Waals surface area (Å²) in [5.74, 6) is -0.950. The van der Waals surface area contributed by atoms with Crippen molar-refractivity contribution in [3.05, 3.63) is 28.8 Å². The highest BCUT2D eigenvalue weighted by molar-refractivity contribution is 6.31. The molecular weight excluding hydrogens is 334 g/mol. The molecule has 8 heteroatoms. The van der Waals surface area contributed by atoms with Crippen LogP contribution < -0.4 is 15.5 Å². The Morgan fingerprint density at radius 3 is 2.92 bits per heavy atom. The van der Waals surface area contributed by atoms with Crippen LogP contribution >= 0.6 is 11.6 Å². The van der Waals surface area contributed by atoms with E-state index in [1.54, 1.807) is 18.2 Å². The minimum Gasteiger partial charge on any atom is -0.469 e. The van der Waals surface area contributed by atoms with Gasteiger partial charge in [-0.3, -0.25) is 14.4 Å². The molecule has 0 aliphatic carbocycles. The number of ether oxygens (including phenoxy) is 1. The number of carbonyl (C=O) groups excluding carboxylic acids is 3. The molecular formula is C16H21ClN3O4+. The molecule has 2 amide bonds. The molecule has 0 aromatic heterocycles. The van der Waals surface area contributed by atoms with Crippen LogP contribution in [0.3, 0.4) is 0 Å². The van der Waals surface area contributed by atoms with Gasteiger partial charge in [0, 0.05) is 10.7 Å². The fourth-order valence-electron chi connectivity index (χ4n) is 2.67. The minimum absolute atomic E-state index is 0.0544. The van der Waals surface area contributed by atoms with Crippen LogP contribution in [-0.2, 0) is 19.1 Å². The number of rotatable bonds is 5. The van der Waals surface area contributed by atoms with Gasteiger partial charge < -0.3 is 20.3 Å². The topological polar surface area (TPSA) is 88.9 Å². The first-order valence-corrected chi connectivity index (χ1v) is 8.04. The Kier molecular flexibility index (Phi) is 6.16. The molecule has 130 valence electrons. The predicted molar refractivity (Wildman–Crippen MR) is 88.9 cm³/mol. The van der Waals surface area contributed by atoms with Crippen molar-refractivity contribution in [1.29, 1.82) is 0 Å². The van der Waals surface area contributed by atoms with E-state index in [9.17, 15) is 14.4 Å². The lowest BCUT2D eigenvalue weighted by Crippen LogP contribution is -3.20. The largest absolute Gasteiger partial charge is 0.469 e. The number of halogens is 1. The van der Waals surface area contributed by atoms with Crippen LogP contribution in [0, 0.1) is 6.92 Å². The summed E-state index contributed by atoms with van der Waals surface area (Å²) >= 11 is 6.04. The minimum atomic E-state index is -0.627. The van der Waals surface area contributed by atoms with E-state index in [1.165, 1.54) is 7.11 Å². The number of piperazine rings is 1. The second kappa shape index (κ2) is 8.12. The maximum Gasteiger partial charge on any atom is 0.312 e. The monoisotopic (exact) mass is 354 g/mol. The van der Waals surface area contributed by atoms with Crippen LogP contribution in [0.15, 0.2) is 18.2 Å². The summed E-state index contributed by atoms with van der Waals surface area (Å²) in [4.78, 5) is 36.6. The van der Waals surface area contributed by atoms with Gasteiger partial charge in [0.1, 0.15) is 6.42 Å². The van der Waals surface area contributed by atoms with E-state index in [2.05, 4.69) is 15.4 Å². The first kappa shape index (κ1) is 18.2. The molecule has 1 heterocycles. The molecule has 1 aromatic carbocycles. The summed E-state index contributed by atoms with van der Waals surface area (Å²) in [6.07, 6.45) is -0.0544. The van der Waals surface area contributed by atoms with E-state index in [1.807, 2.05) is 6.92 Å². The highest BCUT2D eigenvalue weighted by atomic mass is 35.5. The van der Waals surface area contributed by atoms with Gasteiger partial charge in [0.25, 0.3) is 11.8 Å². The number of hydrogen-bond acceptors (Lipinski definition) is 4. The lowest BCUT2D eigenvalue weighted by atomic mass is 10.1. The van der Waals surface area contributed by atoms with E-state index >= 15 is 0 Å². The number of carbonyl (C=O) groups is 3. The summed E-state index contributed by atoms with van der Waals surface area (Å²) < 4.78 is 4.63. The molecule has 2 atom stereocenters. The van der Waals surface area contributed by atoms with Gasteiger partial charge >= 0.3 is 5.97 Å². The fourth-order valence-corrected chi connectivity index (χ4v) is 2.85. The number of nitrogens with one attached hydrogen (secondary N) is 3. The van der Waals surface area contributed by atoms with E-state index in [-0.39, 0.29) is 24.8 Å². The van der Waals surface area contributed by atoms with Gasteiger partial charge in [-0.15, -0.1) is 0 Å². The zero-order valence-corrected chi connectivity index (χ0v) is 14.4. The number of amides is 2. The third-order valence-electron chi connectivity index (χ3n) is 4.08. The van der Waals surface area contributed by atoms with Crippen LogP contribution in [0.2, 0.25) is 5.02 Å². The Labute approximate surface area is 145 Å². The number of esters is 1. The van der Waals surface area contributed by atoms with Crippen molar-refractivity contribution in [2.24, 2.45) is 0 Å². The molecule has 1 saturated heterocycles. The van der Waals surface area contributed by atoms with Crippen molar-refractivity contribution >= 4 is 35.1 Å². The van der Waals surface area contributed by atoms with Gasteiger partial charge in [-0.1, -0.05) is 17.7 Å². The summed E-state index contributed by atoms with van der Waals surface area (Å²) in [6.45, 7) is 2.94. The maximum absolute atomic E-state index is 12.3. The van der Waals surface area contributed by atoms with E-state index in [0.29, 0.717) is 23.8 Å². The Morgan fingerprint density at radius 2 is 2.21 bits per heavy atom. The third-order valence-corrected chi connectivity index (χ3v) is 4.49. The maximum atomic E-state index is 12.3. The standard InChI is InChI=1S/C16H20ClN3O4/c1-10-11(17)4-3-5-12(10)19-14(21)9-20-7-6-18-16(23)13(20)8-15(22)24-2/h3-5,13H,6-9H2,1-2H3,(H,18,23)(H,19,21)/p+1/t13-/m1/s1. The zero-order valence-electron chi connectivity index (χ0n) is 13.6. The van der Waals surface area contributed by atoms with Crippen molar-refractivity contribution in [1.82, 2.24) is 5.32 Å². The van der Waals surface area contributed by atoms with Crippen molar-refractivity contribution < 1.29 is 24.0 Å². The SMILES string of the molecule is COC(=O)C[C@@H]1C(=O)NCC[NH+]1CC(=O)Nc1cccc(Cl)c1C. The Morgan fingerprint density at radius 1 is 1.46 bits per heavy atom. The van der Waals surface area contributed by atoms with Crippen molar-refractivity contribution in [2.75, 3.05) is 32.1 Å². The summed E-state index contributed by atoms with van der Waals surface area (Å²) in [6, 6.07) is 4.65. The van der Waals surface area contributed by atoms with E-state index in [4.69, 9.17) is 11.6 Å². The van der Waals surface area contributed by atoms with Crippen LogP contribution in [0.5, 0.6) is 0 Å². The number of hydrogen-bond donors (Lipinski definition) is 3. The quantitative estimate of drug-likeness (QED) is 0.624. The first-order chi connectivity index (χ1) is 11.4. The highest BCUT2D eigenvalue weighted by Crippen LogP contribution is 2.22. The van der Waals surface area contributed by atoms with Crippen LogP contribution in [0.1, 0.15) is 12.0 Å². The Bertz CT molecular complexity index is 650. The lowest BCUT2D eigenvalue weighted by Gasteiger charge is -2.30. The Hall–Kier alpha value is -2.12. The third kappa shape index (κ3) is 4.46. The van der Waals surface area contributed by atoms with Crippen LogP contribution in [0.4, 0.5) is 5.69 Å². The van der Waals surface area contributed by atoms with Crippen molar-refractivity contribution in [3.63, 3.8) is 0 Å². The number of quaternary nitrogens is 1. The second-order valence-electron chi connectivity index (χ2n) is 5.67. The van der Waals surface area contributed by atoms with Crippen molar-refractivity contribution in [3.8, 4) is 0 Å². The van der Waals surface area contributed by atoms with Crippen LogP contribution in [-0.4, -0.2) is 50.6 Å². The summed E-state index contributed by atoms with van der Waals surface area (Å²) in [5, 5.41) is 6.09. The summed E-state index contributed by atoms with van der Waals surface area (Å²) in [5.41, 5.74) is 1.42. The molecule has 1 aliphatic rings. The normalized spacial score (nSPS) is 20.2. The van der Waals surface area contributed by atoms with Gasteiger partial charge in [-0.2, -0.15) is 0 Å². The first-order valence-electron chi connectivity index (χ1n) is 7.66. The fraction of sp³-hybridized carbons (Fsp3) is 0.438. The Balaban J connectivity index is 2.03. The average molecular weight is 355 g/mol. The molecule has 0 saturated carbocycles. The molecule has 2 rings (SSSR count). The number of methoxy groups -OCH3 is 1. The summed E-state index contributed by atoms with van der Waals surface area (Å²) in [7, 11) is 1.28. The zero-order chi connectivity index (χ0) is 17.7. The molecule has 7 nitrogen and oxygen atoms in total. The molecule has 24 heavy (non-hydrogen) atoms. The molecule has 0 radical (unpaired) electrons. The molecule has 1 unspecified atom stereocenters. The van der Waals surface area contributed by atoms with Gasteiger partial charge in [-0.25, -0.2) is 0 Å². The smallest absolute Gasteiger partial charge is 0.312 e. The average Bonchev–Trinajstić information content (AvgIpc) is 2.55. The molecule has 1 aromatic rings. The highest BCUT2D eigenvalue weighted by Gasteiger charge is 2.36. The van der Waals surface area contributed by atoms with Gasteiger partial charge in [0.05, 0.1) is 20.2 Å². The predicted octanol–water partition coefficient (Wildman–Crippen LogP) is -0.467. The lowest BCUT2D eigenvalue weighted by molar-refractivity contribution is -0.909. The number of benzene rings is 1. The molecule has 1 aliphatic heterocycles. The van der Waals surface area contributed by atoms with Gasteiger partial charge in [-0.05, 0) is 24.6 Å². The number of anilines is 1.